The van der Waals surface area contributed by atoms with Crippen LogP contribution in [-0.4, -0.2) is 167 Å². The number of esters is 2. The van der Waals surface area contributed by atoms with Crippen molar-refractivity contribution in [2.24, 2.45) is 0 Å². The van der Waals surface area contributed by atoms with Crippen molar-refractivity contribution in [1.82, 2.24) is 30.4 Å². The van der Waals surface area contributed by atoms with Crippen molar-refractivity contribution in [3.05, 3.63) is 241 Å². The van der Waals surface area contributed by atoms with E-state index >= 15 is 0 Å². The van der Waals surface area contributed by atoms with Crippen molar-refractivity contribution in [2.75, 3.05) is 115 Å². The number of alkyl carbamates (subject to hydrolysis) is 4. The normalized spacial score (nSPS) is 12.0. The van der Waals surface area contributed by atoms with Crippen LogP contribution < -0.4 is 50.9 Å². The lowest BCUT2D eigenvalue weighted by molar-refractivity contribution is -0.138. The van der Waals surface area contributed by atoms with Gasteiger partial charge in [0.15, 0.2) is 26.3 Å². The SMILES string of the molecule is C=C(C)c1cccc(C(C)(C)NC(=O)OCCN(CC)c2ccc3c(-c4ccccc4S(=O)(=O)[O-])c4ccc(=[N+](CC)CCOC(=O)NC(C)(C)c5cccc(C(=C)C)c5)cc-4oc3c2)c1.C=CC(=O)OCCNC(=O)OCCN(CC)c1ccc2c(-c3ccccc3S(=O)(=O)[O-])c3ccc(=[N+](CC)CCOC(=O)NCCOC(=O)C=C)cc-3oc2c1. The number of carbonyl (C=O) groups excluding carboxylic acids is 6. The molecule has 6 aromatic rings. The van der Waals surface area contributed by atoms with E-state index in [1.54, 1.807) is 48.5 Å². The molecule has 0 saturated heterocycles. The highest BCUT2D eigenvalue weighted by molar-refractivity contribution is 7.86. The predicted molar refractivity (Wildman–Crippen MR) is 468 cm³/mol. The summed E-state index contributed by atoms with van der Waals surface area (Å²) >= 11 is 0. The highest BCUT2D eigenvalue weighted by atomic mass is 32.2. The number of fused-ring (bicyclic) bond motifs is 4. The van der Waals surface area contributed by atoms with Gasteiger partial charge in [-0.3, -0.25) is 0 Å². The van der Waals surface area contributed by atoms with Gasteiger partial charge in [0.25, 0.3) is 0 Å². The Bertz CT molecular complexity index is 5870. The Morgan fingerprint density at radius 1 is 0.451 bits per heavy atom. The number of benzene rings is 8. The van der Waals surface area contributed by atoms with Crippen LogP contribution in [0.5, 0.6) is 0 Å². The average Bonchev–Trinajstić information content (AvgIpc) is 0.745. The standard InChI is InChI=1S/C53H60N4O8S.C39H44N4O12S/c1-11-56(27-29-63-50(58)54-52(7,8)39-19-15-17-37(31-39)35(3)4)41-23-25-43-46(33-41)65-47-34-42(24-26-44(47)49(43)45-21-13-14-22-48(45)66(60,61)62)57(12-2)28-30-64-51(59)55-53(9,10)40-20-16-18-38(32-40)36(5)6;1-5-35(44)51-21-17-40-38(46)53-23-19-42(7-3)27-13-15-29-32(25-27)55-33-26-28(43(8-4)20-24-54-39(47)41-18-22-52-36(45)6-2)14-16-30(33)37(29)31-11-9-10-12-34(31)56(48,49)50/h13-26,31-34H,3,5,11-12,27-30H2,1-2,4,6-10H3,(H2-,54,55,58,59,60,61,62);5-6,9-16,25-26H,1-2,7-8,17-24H2,3-4H3,(H2-,40,41,46,47,48,49,50). The van der Waals surface area contributed by atoms with E-state index in [1.807, 2.05) is 185 Å². The van der Waals surface area contributed by atoms with Crippen LogP contribution in [0.2, 0.25) is 0 Å². The van der Waals surface area contributed by atoms with Crippen molar-refractivity contribution in [3.8, 4) is 44.9 Å². The zero-order valence-electron chi connectivity index (χ0n) is 70.2. The Labute approximate surface area is 710 Å². The largest absolute Gasteiger partial charge is 0.744 e. The molecule has 122 heavy (non-hydrogen) atoms. The lowest BCUT2D eigenvalue weighted by Crippen LogP contribution is -2.42. The van der Waals surface area contributed by atoms with E-state index in [0.29, 0.717) is 108 Å². The summed E-state index contributed by atoms with van der Waals surface area (Å²) in [6, 6.07) is 49.9. The quantitative estimate of drug-likeness (QED) is 0.00539. The molecule has 2 heterocycles. The number of amides is 4. The molecule has 30 heteroatoms. The monoisotopic (exact) mass is 1700 g/mol. The van der Waals surface area contributed by atoms with Crippen molar-refractivity contribution < 1.29 is 92.0 Å². The minimum Gasteiger partial charge on any atom is -0.744 e. The first-order valence-electron chi connectivity index (χ1n) is 39.7. The number of rotatable bonds is 36. The maximum atomic E-state index is 13.1. The van der Waals surface area contributed by atoms with Gasteiger partial charge in [-0.1, -0.05) is 110 Å². The van der Waals surface area contributed by atoms with Gasteiger partial charge in [-0.15, -0.1) is 0 Å². The molecule has 0 spiro atoms. The minimum absolute atomic E-state index is 0.0335. The third kappa shape index (κ3) is 24.7. The van der Waals surface area contributed by atoms with Gasteiger partial charge in [0.05, 0.1) is 59.2 Å². The summed E-state index contributed by atoms with van der Waals surface area (Å²) in [5.41, 5.74) is 9.24. The number of carbonyl (C=O) groups is 6. The predicted octanol–water partition coefficient (Wildman–Crippen LogP) is 13.8. The molecule has 4 N–H and O–H groups in total. The summed E-state index contributed by atoms with van der Waals surface area (Å²) in [6.45, 7) is 37.9. The summed E-state index contributed by atoms with van der Waals surface area (Å²) in [5.74, 6) is -0.358. The first-order valence-corrected chi connectivity index (χ1v) is 42.5. The molecule has 0 unspecified atom stereocenters. The molecule has 4 aliphatic rings. The molecule has 0 fully saturated rings. The summed E-state index contributed by atoms with van der Waals surface area (Å²) in [5, 5.41) is 13.6. The van der Waals surface area contributed by atoms with Crippen LogP contribution in [0.15, 0.2) is 227 Å². The molecule has 4 amide bonds. The Morgan fingerprint density at radius 3 is 1.20 bits per heavy atom. The molecule has 644 valence electrons. The van der Waals surface area contributed by atoms with Gasteiger partial charge < -0.3 is 77.4 Å². The van der Waals surface area contributed by atoms with Crippen molar-refractivity contribution in [1.29, 1.82) is 0 Å². The van der Waals surface area contributed by atoms with Gasteiger partial charge in [-0.2, -0.15) is 0 Å². The number of nitrogens with zero attached hydrogens (tertiary/aromatic N) is 4. The fourth-order valence-corrected chi connectivity index (χ4v) is 15.0. The number of nitrogens with one attached hydrogen (secondary N) is 4. The van der Waals surface area contributed by atoms with Gasteiger partial charge in [-0.25, -0.2) is 54.8 Å². The number of allylic oxidation sites excluding steroid dienone is 2. The van der Waals surface area contributed by atoms with Gasteiger partial charge in [0.1, 0.15) is 82.4 Å². The fraction of sp³-hybridized carbons (Fsp3) is 0.304. The molecule has 0 bridgehead atoms. The van der Waals surface area contributed by atoms with E-state index in [2.05, 4.69) is 47.6 Å². The van der Waals surface area contributed by atoms with Crippen molar-refractivity contribution >= 4 is 101 Å². The lowest BCUT2D eigenvalue weighted by Gasteiger charge is -2.28. The smallest absolute Gasteiger partial charge is 0.408 e. The number of hydrogen-bond acceptors (Lipinski definition) is 22. The second-order valence-corrected chi connectivity index (χ2v) is 32.0. The third-order valence-electron chi connectivity index (χ3n) is 20.1. The second kappa shape index (κ2) is 42.4. The summed E-state index contributed by atoms with van der Waals surface area (Å²) in [4.78, 5) is 76.0. The minimum atomic E-state index is -4.87. The highest BCUT2D eigenvalue weighted by Gasteiger charge is 2.29. The lowest BCUT2D eigenvalue weighted by atomic mass is 9.92. The van der Waals surface area contributed by atoms with E-state index in [1.165, 1.54) is 24.3 Å². The van der Waals surface area contributed by atoms with Crippen LogP contribution in [-0.2, 0) is 69.3 Å². The van der Waals surface area contributed by atoms with Gasteiger partial charge in [0.2, 0.25) is 10.7 Å². The number of anilines is 2. The van der Waals surface area contributed by atoms with Crippen LogP contribution >= 0.6 is 0 Å². The molecule has 2 aliphatic heterocycles. The first kappa shape index (κ1) is 93.0. The topological polar surface area (TPSA) is 359 Å². The maximum Gasteiger partial charge on any atom is 0.408 e. The van der Waals surface area contributed by atoms with Crippen LogP contribution in [0, 0.1) is 0 Å². The van der Waals surface area contributed by atoms with Crippen molar-refractivity contribution in [3.63, 3.8) is 0 Å². The van der Waals surface area contributed by atoms with Crippen LogP contribution in [0.1, 0.15) is 91.5 Å². The molecule has 28 nitrogen and oxygen atoms in total. The zero-order valence-corrected chi connectivity index (χ0v) is 71.9. The zero-order chi connectivity index (χ0) is 88.6. The first-order chi connectivity index (χ1) is 58.1. The van der Waals surface area contributed by atoms with Gasteiger partial charge in [-0.05, 0) is 152 Å². The maximum absolute atomic E-state index is 13.1. The molecule has 0 radical (unpaired) electrons. The van der Waals surface area contributed by atoms with Crippen LogP contribution in [0.4, 0.5) is 30.6 Å². The van der Waals surface area contributed by atoms with Crippen molar-refractivity contribution in [2.45, 2.75) is 90.1 Å². The van der Waals surface area contributed by atoms with E-state index in [-0.39, 0.29) is 73.6 Å². The molecule has 0 saturated carbocycles. The summed E-state index contributed by atoms with van der Waals surface area (Å²) < 4.78 is 124. The summed E-state index contributed by atoms with van der Waals surface area (Å²) in [7, 11) is -9.74. The number of ether oxygens (including phenoxy) is 6. The highest BCUT2D eigenvalue weighted by Crippen LogP contribution is 2.45. The molecule has 0 aromatic heterocycles. The summed E-state index contributed by atoms with van der Waals surface area (Å²) in [6.07, 6.45) is -0.410. The Kier molecular flexibility index (Phi) is 32.3. The van der Waals surface area contributed by atoms with Crippen LogP contribution in [0.25, 0.3) is 78.0 Å². The average molecular weight is 1710 g/mol. The van der Waals surface area contributed by atoms with E-state index in [4.69, 9.17) is 37.3 Å². The molecule has 10 rings (SSSR count). The van der Waals surface area contributed by atoms with E-state index < -0.39 is 67.6 Å². The van der Waals surface area contributed by atoms with Gasteiger partial charge >= 0.3 is 36.3 Å². The second-order valence-electron chi connectivity index (χ2n) is 29.3. The Hall–Kier alpha value is -12.9. The van der Waals surface area contributed by atoms with E-state index in [9.17, 15) is 54.7 Å². The molecular formula is C92H104N8O20S2. The van der Waals surface area contributed by atoms with Gasteiger partial charge in [0, 0.05) is 105 Å². The fourth-order valence-electron chi connectivity index (χ4n) is 13.7. The Morgan fingerprint density at radius 2 is 0.828 bits per heavy atom. The molecule has 2 aliphatic carbocycles. The molecule has 0 atom stereocenters. The Balaban J connectivity index is 0.000000281. The molecular weight excluding hydrogens is 1600 g/mol. The number of hydrogen-bond donors (Lipinski definition) is 4. The third-order valence-corrected chi connectivity index (χ3v) is 21.9. The molecule has 6 aromatic carbocycles. The van der Waals surface area contributed by atoms with Crippen LogP contribution in [0.3, 0.4) is 0 Å². The number of likely N-dealkylation sites (N-methyl/N-ethyl adjacent to an activating group) is 4. The van der Waals surface area contributed by atoms with E-state index in [0.717, 1.165) is 67.6 Å².